The van der Waals surface area contributed by atoms with E-state index in [1.807, 2.05) is 32.0 Å². The van der Waals surface area contributed by atoms with E-state index in [0.29, 0.717) is 32.0 Å². The van der Waals surface area contributed by atoms with Gasteiger partial charge < -0.3 is 19.9 Å². The molecule has 0 aliphatic carbocycles. The largest absolute Gasteiger partial charge is 0.497 e. The van der Waals surface area contributed by atoms with E-state index >= 15 is 0 Å². The summed E-state index contributed by atoms with van der Waals surface area (Å²) in [5, 5.41) is 13.7. The summed E-state index contributed by atoms with van der Waals surface area (Å²) in [5.41, 5.74) is 0.278. The molecule has 0 heterocycles. The van der Waals surface area contributed by atoms with Gasteiger partial charge in [-0.2, -0.15) is 0 Å². The Bertz CT molecular complexity index is 428. The van der Waals surface area contributed by atoms with Gasteiger partial charge in [0.25, 0.3) is 0 Å². The molecule has 1 aromatic carbocycles. The van der Waals surface area contributed by atoms with Gasteiger partial charge in [0.05, 0.1) is 12.7 Å². The number of aliphatic hydroxyl groups is 1. The number of rotatable bonds is 9. The Morgan fingerprint density at radius 3 is 2.43 bits per heavy atom. The SMILES string of the molecule is CCC(O)(CC)COc1ccc(OC)cc1CNC(C)C. The average molecular weight is 295 g/mol. The maximum absolute atomic E-state index is 10.3. The first-order valence-corrected chi connectivity index (χ1v) is 7.69. The van der Waals surface area contributed by atoms with Crippen molar-refractivity contribution in [1.29, 1.82) is 0 Å². The summed E-state index contributed by atoms with van der Waals surface area (Å²) in [6.45, 7) is 9.17. The zero-order chi connectivity index (χ0) is 15.9. The van der Waals surface area contributed by atoms with Crippen molar-refractivity contribution in [3.8, 4) is 11.5 Å². The lowest BCUT2D eigenvalue weighted by molar-refractivity contribution is -0.0116. The normalized spacial score (nSPS) is 11.8. The molecule has 21 heavy (non-hydrogen) atoms. The summed E-state index contributed by atoms with van der Waals surface area (Å²) in [6, 6.07) is 6.15. The molecule has 120 valence electrons. The van der Waals surface area contributed by atoms with Gasteiger partial charge in [-0.3, -0.25) is 0 Å². The average Bonchev–Trinajstić information content (AvgIpc) is 2.50. The Labute approximate surface area is 128 Å². The maximum atomic E-state index is 10.3. The van der Waals surface area contributed by atoms with Crippen LogP contribution in [-0.4, -0.2) is 30.5 Å². The van der Waals surface area contributed by atoms with Crippen LogP contribution < -0.4 is 14.8 Å². The van der Waals surface area contributed by atoms with Crippen LogP contribution >= 0.6 is 0 Å². The first kappa shape index (κ1) is 17.8. The summed E-state index contributed by atoms with van der Waals surface area (Å²) < 4.78 is 11.1. The molecule has 0 fully saturated rings. The van der Waals surface area contributed by atoms with E-state index in [2.05, 4.69) is 19.2 Å². The van der Waals surface area contributed by atoms with Crippen molar-refractivity contribution in [3.63, 3.8) is 0 Å². The molecule has 1 aromatic rings. The molecule has 0 saturated heterocycles. The highest BCUT2D eigenvalue weighted by Crippen LogP contribution is 2.26. The number of nitrogens with one attached hydrogen (secondary N) is 1. The van der Waals surface area contributed by atoms with E-state index in [4.69, 9.17) is 9.47 Å². The molecule has 0 radical (unpaired) electrons. The standard InChI is InChI=1S/C17H29NO3/c1-6-17(19,7-2)12-21-16-9-8-15(20-5)10-14(16)11-18-13(3)4/h8-10,13,18-19H,6-7,11-12H2,1-5H3. The fourth-order valence-electron chi connectivity index (χ4n) is 1.94. The van der Waals surface area contributed by atoms with Crippen molar-refractivity contribution in [2.45, 2.75) is 58.7 Å². The number of benzene rings is 1. The Kier molecular flexibility index (Phi) is 6.99. The molecule has 1 rings (SSSR count). The third kappa shape index (κ3) is 5.56. The van der Waals surface area contributed by atoms with E-state index < -0.39 is 5.60 Å². The molecule has 2 N–H and O–H groups in total. The Morgan fingerprint density at radius 1 is 1.24 bits per heavy atom. The fraction of sp³-hybridized carbons (Fsp3) is 0.647. The molecule has 0 unspecified atom stereocenters. The zero-order valence-corrected chi connectivity index (χ0v) is 13.9. The topological polar surface area (TPSA) is 50.7 Å². The van der Waals surface area contributed by atoms with E-state index in [-0.39, 0.29) is 0 Å². The molecule has 0 bridgehead atoms. The van der Waals surface area contributed by atoms with Crippen molar-refractivity contribution < 1.29 is 14.6 Å². The number of hydrogen-bond acceptors (Lipinski definition) is 4. The van der Waals surface area contributed by atoms with Crippen LogP contribution in [0.5, 0.6) is 11.5 Å². The van der Waals surface area contributed by atoms with Gasteiger partial charge in [-0.15, -0.1) is 0 Å². The van der Waals surface area contributed by atoms with Gasteiger partial charge in [0, 0.05) is 18.2 Å². The van der Waals surface area contributed by atoms with Crippen LogP contribution in [0.1, 0.15) is 46.1 Å². The number of hydrogen-bond donors (Lipinski definition) is 2. The molecule has 0 aliphatic rings. The first-order chi connectivity index (χ1) is 9.94. The molecule has 0 aromatic heterocycles. The highest BCUT2D eigenvalue weighted by molar-refractivity contribution is 5.40. The van der Waals surface area contributed by atoms with Gasteiger partial charge in [0.1, 0.15) is 18.1 Å². The minimum absolute atomic E-state index is 0.307. The summed E-state index contributed by atoms with van der Waals surface area (Å²) in [5.74, 6) is 1.61. The van der Waals surface area contributed by atoms with Gasteiger partial charge in [-0.25, -0.2) is 0 Å². The minimum Gasteiger partial charge on any atom is -0.497 e. The maximum Gasteiger partial charge on any atom is 0.124 e. The van der Waals surface area contributed by atoms with E-state index in [9.17, 15) is 5.11 Å². The molecule has 0 atom stereocenters. The van der Waals surface area contributed by atoms with E-state index in [1.54, 1.807) is 7.11 Å². The number of methoxy groups -OCH3 is 1. The predicted molar refractivity (Wildman–Crippen MR) is 86.0 cm³/mol. The lowest BCUT2D eigenvalue weighted by atomic mass is 9.99. The number of ether oxygens (including phenoxy) is 2. The molecule has 4 heteroatoms. The van der Waals surface area contributed by atoms with Crippen LogP contribution in [-0.2, 0) is 6.54 Å². The zero-order valence-electron chi connectivity index (χ0n) is 13.9. The quantitative estimate of drug-likeness (QED) is 0.735. The summed E-state index contributed by atoms with van der Waals surface area (Å²) >= 11 is 0. The lowest BCUT2D eigenvalue weighted by Gasteiger charge is -2.26. The van der Waals surface area contributed by atoms with Crippen LogP contribution in [0.4, 0.5) is 0 Å². The first-order valence-electron chi connectivity index (χ1n) is 7.69. The Hall–Kier alpha value is -1.26. The summed E-state index contributed by atoms with van der Waals surface area (Å²) in [7, 11) is 1.66. The van der Waals surface area contributed by atoms with Gasteiger partial charge in [-0.05, 0) is 31.0 Å². The van der Waals surface area contributed by atoms with Crippen molar-refractivity contribution in [1.82, 2.24) is 5.32 Å². The van der Waals surface area contributed by atoms with Crippen LogP contribution in [0.25, 0.3) is 0 Å². The molecule has 0 aliphatic heterocycles. The summed E-state index contributed by atoms with van der Waals surface area (Å²) in [6.07, 6.45) is 1.36. The van der Waals surface area contributed by atoms with Crippen molar-refractivity contribution >= 4 is 0 Å². The fourth-order valence-corrected chi connectivity index (χ4v) is 1.94. The Morgan fingerprint density at radius 2 is 1.90 bits per heavy atom. The van der Waals surface area contributed by atoms with Gasteiger partial charge in [-0.1, -0.05) is 27.7 Å². The van der Waals surface area contributed by atoms with Crippen LogP contribution in [0, 0.1) is 0 Å². The van der Waals surface area contributed by atoms with Crippen molar-refractivity contribution in [2.24, 2.45) is 0 Å². The second kappa shape index (κ2) is 8.25. The lowest BCUT2D eigenvalue weighted by Crippen LogP contribution is -2.34. The second-order valence-corrected chi connectivity index (χ2v) is 5.73. The van der Waals surface area contributed by atoms with E-state index in [0.717, 1.165) is 17.1 Å². The van der Waals surface area contributed by atoms with Gasteiger partial charge in [0.2, 0.25) is 0 Å². The van der Waals surface area contributed by atoms with Crippen molar-refractivity contribution in [2.75, 3.05) is 13.7 Å². The molecular formula is C17H29NO3. The third-order valence-corrected chi connectivity index (χ3v) is 3.78. The van der Waals surface area contributed by atoms with E-state index in [1.165, 1.54) is 0 Å². The second-order valence-electron chi connectivity index (χ2n) is 5.73. The molecule has 4 nitrogen and oxygen atoms in total. The monoisotopic (exact) mass is 295 g/mol. The van der Waals surface area contributed by atoms with Crippen LogP contribution in [0.2, 0.25) is 0 Å². The smallest absolute Gasteiger partial charge is 0.124 e. The molecule has 0 amide bonds. The highest BCUT2D eigenvalue weighted by atomic mass is 16.5. The van der Waals surface area contributed by atoms with Gasteiger partial charge in [0.15, 0.2) is 0 Å². The van der Waals surface area contributed by atoms with Crippen molar-refractivity contribution in [3.05, 3.63) is 23.8 Å². The predicted octanol–water partition coefficient (Wildman–Crippen LogP) is 3.12. The Balaban J connectivity index is 2.84. The molecule has 0 saturated carbocycles. The van der Waals surface area contributed by atoms with Crippen LogP contribution in [0.15, 0.2) is 18.2 Å². The summed E-state index contributed by atoms with van der Waals surface area (Å²) in [4.78, 5) is 0. The molecular weight excluding hydrogens is 266 g/mol. The minimum atomic E-state index is -0.761. The third-order valence-electron chi connectivity index (χ3n) is 3.78. The highest BCUT2D eigenvalue weighted by Gasteiger charge is 2.23. The van der Waals surface area contributed by atoms with Gasteiger partial charge >= 0.3 is 0 Å². The van der Waals surface area contributed by atoms with Crippen LogP contribution in [0.3, 0.4) is 0 Å². The molecule has 0 spiro atoms.